The Morgan fingerprint density at radius 3 is 2.69 bits per heavy atom. The van der Waals surface area contributed by atoms with E-state index in [4.69, 9.17) is 9.47 Å². The van der Waals surface area contributed by atoms with Gasteiger partial charge < -0.3 is 19.7 Å². The minimum Gasteiger partial charge on any atom is -0.454 e. The van der Waals surface area contributed by atoms with Crippen LogP contribution in [0.25, 0.3) is 0 Å². The first-order valence-electron chi connectivity index (χ1n) is 10.3. The number of fused-ring (bicyclic) bond motifs is 1. The molecule has 0 radical (unpaired) electrons. The number of hydrogen-bond donors (Lipinski definition) is 1. The topological polar surface area (TPSA) is 67.9 Å². The average Bonchev–Trinajstić information content (AvgIpc) is 3.57. The Kier molecular flexibility index (Phi) is 5.80. The molecule has 2 amide bonds. The summed E-state index contributed by atoms with van der Waals surface area (Å²) in [4.78, 5) is 29.5. The van der Waals surface area contributed by atoms with Crippen LogP contribution in [0.1, 0.15) is 31.7 Å². The second kappa shape index (κ2) is 8.88. The highest BCUT2D eigenvalue weighted by atomic mass is 32.2. The lowest BCUT2D eigenvalue weighted by atomic mass is 10.1. The van der Waals surface area contributed by atoms with Gasteiger partial charge in [-0.2, -0.15) is 0 Å². The quantitative estimate of drug-likeness (QED) is 0.605. The molecule has 0 saturated carbocycles. The van der Waals surface area contributed by atoms with Gasteiger partial charge in [0, 0.05) is 22.7 Å². The standard InChI is InChI=1S/C24H22N2O4S2/c1-15-4-7-17(8-5-15)23(28)26-18(13-32-24(26)21-3-2-10-31-21)22(27)25-12-16-6-9-19-20(11-16)30-14-29-19/h2-11,18,24H,12-14H2,1H3,(H,25,27). The molecule has 1 N–H and O–H groups in total. The number of hydrogen-bond acceptors (Lipinski definition) is 6. The number of amides is 2. The molecular weight excluding hydrogens is 444 g/mol. The van der Waals surface area contributed by atoms with Crippen LogP contribution in [0.15, 0.2) is 60.0 Å². The van der Waals surface area contributed by atoms with Crippen molar-refractivity contribution < 1.29 is 19.1 Å². The molecule has 1 saturated heterocycles. The maximum Gasteiger partial charge on any atom is 0.255 e. The predicted molar refractivity (Wildman–Crippen MR) is 125 cm³/mol. The van der Waals surface area contributed by atoms with Gasteiger partial charge in [0.25, 0.3) is 5.91 Å². The smallest absolute Gasteiger partial charge is 0.255 e. The number of nitrogens with one attached hydrogen (secondary N) is 1. The van der Waals surface area contributed by atoms with E-state index in [0.717, 1.165) is 16.0 Å². The van der Waals surface area contributed by atoms with Crippen molar-refractivity contribution in [1.29, 1.82) is 0 Å². The Bertz CT molecular complexity index is 1130. The Hall–Kier alpha value is -2.97. The average molecular weight is 467 g/mol. The van der Waals surface area contributed by atoms with Crippen LogP contribution in [0, 0.1) is 6.92 Å². The number of ether oxygens (including phenoxy) is 2. The molecule has 0 spiro atoms. The molecular formula is C24H22N2O4S2. The van der Waals surface area contributed by atoms with E-state index >= 15 is 0 Å². The normalized spacial score (nSPS) is 19.2. The lowest BCUT2D eigenvalue weighted by Gasteiger charge is -2.28. The molecule has 3 heterocycles. The summed E-state index contributed by atoms with van der Waals surface area (Å²) in [5, 5.41) is 4.83. The van der Waals surface area contributed by atoms with Crippen molar-refractivity contribution in [2.45, 2.75) is 24.9 Å². The number of rotatable bonds is 5. The van der Waals surface area contributed by atoms with Crippen molar-refractivity contribution in [3.05, 3.63) is 81.5 Å². The first-order chi connectivity index (χ1) is 15.6. The zero-order valence-electron chi connectivity index (χ0n) is 17.4. The van der Waals surface area contributed by atoms with Crippen molar-refractivity contribution in [1.82, 2.24) is 10.2 Å². The van der Waals surface area contributed by atoms with Gasteiger partial charge in [0.05, 0.1) is 0 Å². The minimum absolute atomic E-state index is 0.128. The third kappa shape index (κ3) is 4.08. The van der Waals surface area contributed by atoms with E-state index in [2.05, 4.69) is 5.32 Å². The second-order valence-electron chi connectivity index (χ2n) is 7.70. The van der Waals surface area contributed by atoms with E-state index < -0.39 is 6.04 Å². The van der Waals surface area contributed by atoms with Crippen molar-refractivity contribution in [2.75, 3.05) is 12.5 Å². The van der Waals surface area contributed by atoms with E-state index in [1.165, 1.54) is 0 Å². The molecule has 8 heteroatoms. The van der Waals surface area contributed by atoms with Gasteiger partial charge >= 0.3 is 0 Å². The lowest BCUT2D eigenvalue weighted by Crippen LogP contribution is -2.47. The Balaban J connectivity index is 1.35. The number of carbonyl (C=O) groups excluding carboxylic acids is 2. The number of thiophene rings is 1. The van der Waals surface area contributed by atoms with Crippen LogP contribution in [0.3, 0.4) is 0 Å². The third-order valence-corrected chi connectivity index (χ3v) is 7.91. The molecule has 164 valence electrons. The van der Waals surface area contributed by atoms with Crippen molar-refractivity contribution in [3.63, 3.8) is 0 Å². The molecule has 2 unspecified atom stereocenters. The first-order valence-corrected chi connectivity index (χ1v) is 12.2. The SMILES string of the molecule is Cc1ccc(C(=O)N2C(C(=O)NCc3ccc4c(c3)OCO4)CSC2c2cccs2)cc1. The molecule has 32 heavy (non-hydrogen) atoms. The van der Waals surface area contributed by atoms with E-state index in [1.807, 2.05) is 66.9 Å². The van der Waals surface area contributed by atoms with E-state index in [0.29, 0.717) is 29.4 Å². The van der Waals surface area contributed by atoms with E-state index in [-0.39, 0.29) is 24.0 Å². The first kappa shape index (κ1) is 20.9. The zero-order chi connectivity index (χ0) is 22.1. The van der Waals surface area contributed by atoms with Gasteiger partial charge in [-0.05, 0) is 48.2 Å². The Morgan fingerprint density at radius 2 is 1.91 bits per heavy atom. The van der Waals surface area contributed by atoms with Crippen LogP contribution in [0.4, 0.5) is 0 Å². The summed E-state index contributed by atoms with van der Waals surface area (Å²) >= 11 is 3.23. The van der Waals surface area contributed by atoms with Crippen LogP contribution in [-0.2, 0) is 11.3 Å². The molecule has 0 bridgehead atoms. The molecule has 1 fully saturated rings. The Labute approximate surface area is 194 Å². The van der Waals surface area contributed by atoms with E-state index in [1.54, 1.807) is 28.0 Å². The highest BCUT2D eigenvalue weighted by molar-refractivity contribution is 7.99. The van der Waals surface area contributed by atoms with Crippen LogP contribution >= 0.6 is 23.1 Å². The highest BCUT2D eigenvalue weighted by Gasteiger charge is 2.43. The number of thioether (sulfide) groups is 1. The molecule has 2 aromatic carbocycles. The van der Waals surface area contributed by atoms with Crippen molar-refractivity contribution in [2.24, 2.45) is 0 Å². The van der Waals surface area contributed by atoms with Crippen LogP contribution in [0.2, 0.25) is 0 Å². The number of nitrogens with zero attached hydrogens (tertiary/aromatic N) is 1. The van der Waals surface area contributed by atoms with Gasteiger partial charge in [0.1, 0.15) is 11.4 Å². The monoisotopic (exact) mass is 466 g/mol. The number of benzene rings is 2. The third-order valence-electron chi connectivity index (χ3n) is 5.53. The summed E-state index contributed by atoms with van der Waals surface area (Å²) in [5.41, 5.74) is 2.60. The maximum absolute atomic E-state index is 13.5. The maximum atomic E-state index is 13.5. The van der Waals surface area contributed by atoms with E-state index in [9.17, 15) is 9.59 Å². The van der Waals surface area contributed by atoms with Gasteiger partial charge in [-0.15, -0.1) is 23.1 Å². The van der Waals surface area contributed by atoms with Gasteiger partial charge in [-0.3, -0.25) is 9.59 Å². The summed E-state index contributed by atoms with van der Waals surface area (Å²) in [7, 11) is 0. The summed E-state index contributed by atoms with van der Waals surface area (Å²) in [6, 6.07) is 16.6. The van der Waals surface area contributed by atoms with Gasteiger partial charge in [0.2, 0.25) is 12.7 Å². The van der Waals surface area contributed by atoms with Crippen LogP contribution in [0.5, 0.6) is 11.5 Å². The summed E-state index contributed by atoms with van der Waals surface area (Å²) in [6.45, 7) is 2.55. The largest absolute Gasteiger partial charge is 0.454 e. The fourth-order valence-electron chi connectivity index (χ4n) is 3.81. The molecule has 1 aromatic heterocycles. The zero-order valence-corrected chi connectivity index (χ0v) is 19.1. The predicted octanol–water partition coefficient (Wildman–Crippen LogP) is 4.36. The fourth-order valence-corrected chi connectivity index (χ4v) is 6.21. The van der Waals surface area contributed by atoms with Crippen LogP contribution < -0.4 is 14.8 Å². The van der Waals surface area contributed by atoms with Gasteiger partial charge in [-0.1, -0.05) is 29.8 Å². The number of aryl methyl sites for hydroxylation is 1. The minimum atomic E-state index is -0.546. The molecule has 0 aliphatic carbocycles. The van der Waals surface area contributed by atoms with Crippen molar-refractivity contribution in [3.8, 4) is 11.5 Å². The van der Waals surface area contributed by atoms with Crippen molar-refractivity contribution >= 4 is 34.9 Å². The summed E-state index contributed by atoms with van der Waals surface area (Å²) in [5.74, 6) is 1.65. The lowest BCUT2D eigenvalue weighted by molar-refractivity contribution is -0.125. The molecule has 5 rings (SSSR count). The molecule has 2 atom stereocenters. The molecule has 2 aliphatic rings. The molecule has 3 aromatic rings. The van der Waals surface area contributed by atoms with Gasteiger partial charge in [-0.25, -0.2) is 0 Å². The molecule has 2 aliphatic heterocycles. The highest BCUT2D eigenvalue weighted by Crippen LogP contribution is 2.44. The van der Waals surface area contributed by atoms with Crippen LogP contribution in [-0.4, -0.2) is 35.3 Å². The fraction of sp³-hybridized carbons (Fsp3) is 0.250. The summed E-state index contributed by atoms with van der Waals surface area (Å²) < 4.78 is 10.8. The molecule has 6 nitrogen and oxygen atoms in total. The second-order valence-corrected chi connectivity index (χ2v) is 9.79. The number of carbonyl (C=O) groups is 2. The summed E-state index contributed by atoms with van der Waals surface area (Å²) in [6.07, 6.45) is 0. The Morgan fingerprint density at radius 1 is 1.09 bits per heavy atom. The van der Waals surface area contributed by atoms with Gasteiger partial charge in [0.15, 0.2) is 11.5 Å².